The van der Waals surface area contributed by atoms with Gasteiger partial charge in [-0.1, -0.05) is 54.6 Å². The zero-order valence-corrected chi connectivity index (χ0v) is 22.5. The summed E-state index contributed by atoms with van der Waals surface area (Å²) in [5, 5.41) is 17.8. The molecule has 0 radical (unpaired) electrons. The van der Waals surface area contributed by atoms with Crippen LogP contribution in [0.2, 0.25) is 0 Å². The van der Waals surface area contributed by atoms with E-state index in [4.69, 9.17) is 23.7 Å². The van der Waals surface area contributed by atoms with E-state index in [0.717, 1.165) is 0 Å². The third kappa shape index (κ3) is 12.4. The number of para-hydroxylation sites is 3. The quantitative estimate of drug-likeness (QED) is 0.126. The largest absolute Gasteiger partial charge is 0.464 e. The van der Waals surface area contributed by atoms with Gasteiger partial charge >= 0.3 is 24.2 Å². The summed E-state index contributed by atoms with van der Waals surface area (Å²) in [6.07, 6.45) is -4.58. The van der Waals surface area contributed by atoms with Gasteiger partial charge in [0.15, 0.2) is 6.29 Å². The van der Waals surface area contributed by atoms with E-state index >= 15 is 0 Å². The standard InChI is InChI=1S/C29H31N3O10/c33-25(38-18-16-30-27(35)40-21-10-4-1-5-11-21)20-24(32-29(37)42-23-14-8-3-9-15-23)26(34)39-19-17-31-28(36)41-22-12-6-2-7-13-22/h1-15,24,26,34H,16-20H2,(H,30,35)(H,31,36)(H,32,37). The van der Waals surface area contributed by atoms with Gasteiger partial charge < -0.3 is 44.7 Å². The molecule has 3 aromatic rings. The highest BCUT2D eigenvalue weighted by Gasteiger charge is 2.27. The molecule has 0 bridgehead atoms. The third-order valence-electron chi connectivity index (χ3n) is 5.19. The number of benzene rings is 3. The first kappa shape index (κ1) is 31.4. The van der Waals surface area contributed by atoms with Gasteiger partial charge in [-0.25, -0.2) is 14.4 Å². The number of hydrogen-bond donors (Lipinski definition) is 4. The summed E-state index contributed by atoms with van der Waals surface area (Å²) in [5.74, 6) is 0.131. The summed E-state index contributed by atoms with van der Waals surface area (Å²) in [4.78, 5) is 48.6. The number of carbonyl (C=O) groups excluding carboxylic acids is 4. The van der Waals surface area contributed by atoms with Crippen molar-refractivity contribution in [3.63, 3.8) is 0 Å². The van der Waals surface area contributed by atoms with Gasteiger partial charge in [-0.3, -0.25) is 4.79 Å². The van der Waals surface area contributed by atoms with Gasteiger partial charge in [-0.15, -0.1) is 0 Å². The van der Waals surface area contributed by atoms with Crippen LogP contribution in [0.25, 0.3) is 0 Å². The lowest BCUT2D eigenvalue weighted by Crippen LogP contribution is -2.47. The van der Waals surface area contributed by atoms with Crippen molar-refractivity contribution in [3.8, 4) is 17.2 Å². The molecule has 13 heteroatoms. The Balaban J connectivity index is 1.44. The molecule has 0 aliphatic carbocycles. The van der Waals surface area contributed by atoms with Crippen LogP contribution in [0, 0.1) is 0 Å². The average Bonchev–Trinajstić information content (AvgIpc) is 2.98. The summed E-state index contributed by atoms with van der Waals surface area (Å²) in [6, 6.07) is 23.7. The fourth-order valence-electron chi connectivity index (χ4n) is 3.27. The van der Waals surface area contributed by atoms with E-state index in [2.05, 4.69) is 16.0 Å². The Morgan fingerprint density at radius 1 is 0.619 bits per heavy atom. The minimum atomic E-state index is -1.67. The topological polar surface area (TPSA) is 171 Å². The van der Waals surface area contributed by atoms with Crippen molar-refractivity contribution < 1.29 is 48.0 Å². The van der Waals surface area contributed by atoms with E-state index in [9.17, 15) is 24.3 Å². The smallest absolute Gasteiger partial charge is 0.413 e. The van der Waals surface area contributed by atoms with Gasteiger partial charge in [0.1, 0.15) is 23.9 Å². The second-order valence-electron chi connectivity index (χ2n) is 8.40. The van der Waals surface area contributed by atoms with Crippen LogP contribution >= 0.6 is 0 Å². The Kier molecular flexibility index (Phi) is 13.1. The fourth-order valence-corrected chi connectivity index (χ4v) is 3.27. The van der Waals surface area contributed by atoms with Crippen molar-refractivity contribution in [2.75, 3.05) is 26.3 Å². The van der Waals surface area contributed by atoms with Crippen LogP contribution in [-0.4, -0.2) is 68.0 Å². The molecule has 2 unspecified atom stereocenters. The molecule has 222 valence electrons. The molecule has 4 N–H and O–H groups in total. The summed E-state index contributed by atoms with van der Waals surface area (Å²) in [5.41, 5.74) is 0. The van der Waals surface area contributed by atoms with Gasteiger partial charge in [0.2, 0.25) is 0 Å². The maximum atomic E-state index is 12.4. The summed E-state index contributed by atoms with van der Waals surface area (Å²) in [6.45, 7) is -0.470. The van der Waals surface area contributed by atoms with E-state index in [-0.39, 0.29) is 32.1 Å². The molecule has 3 rings (SSSR count). The van der Waals surface area contributed by atoms with Crippen LogP contribution in [0.1, 0.15) is 6.42 Å². The van der Waals surface area contributed by atoms with Crippen molar-refractivity contribution in [3.05, 3.63) is 91.0 Å². The van der Waals surface area contributed by atoms with Crippen LogP contribution in [0.4, 0.5) is 14.4 Å². The van der Waals surface area contributed by atoms with Crippen LogP contribution < -0.4 is 30.2 Å². The fraction of sp³-hybridized carbons (Fsp3) is 0.241. The van der Waals surface area contributed by atoms with E-state index in [1.54, 1.807) is 91.0 Å². The van der Waals surface area contributed by atoms with Gasteiger partial charge in [0, 0.05) is 6.54 Å². The lowest BCUT2D eigenvalue weighted by molar-refractivity contribution is -0.151. The second kappa shape index (κ2) is 17.5. The van der Waals surface area contributed by atoms with E-state index in [1.165, 1.54) is 0 Å². The Morgan fingerprint density at radius 3 is 1.52 bits per heavy atom. The molecule has 0 saturated heterocycles. The predicted octanol–water partition coefficient (Wildman–Crippen LogP) is 2.99. The number of hydrogen-bond acceptors (Lipinski definition) is 10. The Labute approximate surface area is 241 Å². The molecular weight excluding hydrogens is 550 g/mol. The van der Waals surface area contributed by atoms with Crippen LogP contribution in [-0.2, 0) is 14.3 Å². The molecule has 2 atom stereocenters. The molecule has 0 aliphatic heterocycles. The average molecular weight is 582 g/mol. The maximum Gasteiger partial charge on any atom is 0.413 e. The zero-order valence-electron chi connectivity index (χ0n) is 22.5. The highest BCUT2D eigenvalue weighted by molar-refractivity contribution is 5.74. The molecule has 0 aliphatic rings. The minimum Gasteiger partial charge on any atom is -0.464 e. The first-order valence-electron chi connectivity index (χ1n) is 12.9. The first-order valence-corrected chi connectivity index (χ1v) is 12.9. The number of amides is 3. The summed E-state index contributed by atoms with van der Waals surface area (Å²) >= 11 is 0. The van der Waals surface area contributed by atoms with Crippen molar-refractivity contribution >= 4 is 24.2 Å². The van der Waals surface area contributed by atoms with Gasteiger partial charge in [-0.2, -0.15) is 0 Å². The minimum absolute atomic E-state index is 0.0426. The normalized spacial score (nSPS) is 11.7. The number of carbonyl (C=O) groups is 4. The SMILES string of the molecule is O=C(CC(NC(=O)Oc1ccccc1)C(O)OCCNC(=O)Oc1ccccc1)OCCNC(=O)Oc1ccccc1. The molecule has 0 spiro atoms. The van der Waals surface area contributed by atoms with Crippen molar-refractivity contribution in [2.24, 2.45) is 0 Å². The molecule has 13 nitrogen and oxygen atoms in total. The summed E-state index contributed by atoms with van der Waals surface area (Å²) < 4.78 is 25.7. The van der Waals surface area contributed by atoms with E-state index in [0.29, 0.717) is 11.5 Å². The molecule has 3 amide bonds. The number of aliphatic hydroxyl groups excluding tert-OH is 1. The van der Waals surface area contributed by atoms with Crippen LogP contribution in [0.5, 0.6) is 17.2 Å². The Morgan fingerprint density at radius 2 is 1.05 bits per heavy atom. The molecule has 3 aromatic carbocycles. The van der Waals surface area contributed by atoms with Gasteiger partial charge in [-0.05, 0) is 36.4 Å². The van der Waals surface area contributed by atoms with E-state index in [1.807, 2.05) is 0 Å². The monoisotopic (exact) mass is 581 g/mol. The Hall–Kier alpha value is -5.14. The third-order valence-corrected chi connectivity index (χ3v) is 5.19. The lowest BCUT2D eigenvalue weighted by Gasteiger charge is -2.23. The van der Waals surface area contributed by atoms with Gasteiger partial charge in [0.05, 0.1) is 25.6 Å². The number of ether oxygens (including phenoxy) is 5. The number of rotatable bonds is 14. The summed E-state index contributed by atoms with van der Waals surface area (Å²) in [7, 11) is 0. The lowest BCUT2D eigenvalue weighted by atomic mass is 10.2. The highest BCUT2D eigenvalue weighted by atomic mass is 16.6. The molecule has 0 saturated carbocycles. The number of nitrogens with one attached hydrogen (secondary N) is 3. The highest BCUT2D eigenvalue weighted by Crippen LogP contribution is 2.11. The van der Waals surface area contributed by atoms with E-state index < -0.39 is 43.0 Å². The zero-order chi connectivity index (χ0) is 30.0. The predicted molar refractivity (Wildman–Crippen MR) is 148 cm³/mol. The molecular formula is C29H31N3O10. The first-order chi connectivity index (χ1) is 20.4. The van der Waals surface area contributed by atoms with Gasteiger partial charge in [0.25, 0.3) is 0 Å². The Bertz CT molecular complexity index is 1260. The van der Waals surface area contributed by atoms with Crippen molar-refractivity contribution in [1.82, 2.24) is 16.0 Å². The molecule has 0 fully saturated rings. The number of aliphatic hydroxyl groups is 1. The second-order valence-corrected chi connectivity index (χ2v) is 8.40. The molecule has 0 heterocycles. The number of esters is 1. The van der Waals surface area contributed by atoms with Crippen molar-refractivity contribution in [1.29, 1.82) is 0 Å². The van der Waals surface area contributed by atoms with Crippen molar-refractivity contribution in [2.45, 2.75) is 18.8 Å². The molecule has 0 aromatic heterocycles. The van der Waals surface area contributed by atoms with Crippen LogP contribution in [0.15, 0.2) is 91.0 Å². The maximum absolute atomic E-state index is 12.4. The van der Waals surface area contributed by atoms with Crippen LogP contribution in [0.3, 0.4) is 0 Å². The molecule has 42 heavy (non-hydrogen) atoms.